The largest absolute Gasteiger partial charge is 0.416 e. The minimum Gasteiger partial charge on any atom is -0.352 e. The molecule has 4 nitrogen and oxygen atoms in total. The van der Waals surface area contributed by atoms with Crippen molar-refractivity contribution in [2.75, 3.05) is 31.1 Å². The van der Waals surface area contributed by atoms with Crippen LogP contribution in [0.2, 0.25) is 0 Å². The summed E-state index contributed by atoms with van der Waals surface area (Å²) in [7, 11) is 0. The third kappa shape index (κ3) is 2.95. The molecule has 0 spiro atoms. The maximum atomic E-state index is 12.8. The number of hydrogen-bond donors (Lipinski definition) is 1. The summed E-state index contributed by atoms with van der Waals surface area (Å²) in [5.41, 5.74) is 0.844. The number of rotatable bonds is 2. The zero-order chi connectivity index (χ0) is 17.4. The second-order valence-electron chi connectivity index (χ2n) is 6.03. The van der Waals surface area contributed by atoms with Crippen LogP contribution in [0.4, 0.5) is 19.0 Å². The average molecular weight is 346 g/mol. The van der Waals surface area contributed by atoms with Gasteiger partial charge in [0.05, 0.1) is 16.8 Å². The summed E-state index contributed by atoms with van der Waals surface area (Å²) in [5.74, 6) is 0.872. The van der Waals surface area contributed by atoms with Gasteiger partial charge in [0.25, 0.3) is 0 Å². The molecular formula is C18H17F3N4. The van der Waals surface area contributed by atoms with Gasteiger partial charge in [-0.05, 0) is 36.4 Å². The van der Waals surface area contributed by atoms with Crippen molar-refractivity contribution < 1.29 is 13.2 Å². The fourth-order valence-corrected chi connectivity index (χ4v) is 3.15. The highest BCUT2D eigenvalue weighted by Crippen LogP contribution is 2.32. The second-order valence-corrected chi connectivity index (χ2v) is 6.03. The highest BCUT2D eigenvalue weighted by molar-refractivity contribution is 5.91. The number of hydrogen-bond acceptors (Lipinski definition) is 3. The Morgan fingerprint density at radius 2 is 1.60 bits per heavy atom. The Bertz CT molecular complexity index is 877. The topological polar surface area (TPSA) is 33.1 Å². The maximum Gasteiger partial charge on any atom is 0.416 e. The van der Waals surface area contributed by atoms with Crippen molar-refractivity contribution >= 4 is 16.7 Å². The number of anilines is 1. The smallest absolute Gasteiger partial charge is 0.352 e. The molecule has 1 saturated heterocycles. The Morgan fingerprint density at radius 1 is 0.920 bits per heavy atom. The first-order valence-electron chi connectivity index (χ1n) is 8.15. The maximum absolute atomic E-state index is 12.8. The number of aromatic nitrogens is 2. The molecule has 25 heavy (non-hydrogen) atoms. The number of nitrogens with zero attached hydrogens (tertiary/aromatic N) is 3. The van der Waals surface area contributed by atoms with Gasteiger partial charge in [-0.25, -0.2) is 4.68 Å². The summed E-state index contributed by atoms with van der Waals surface area (Å²) in [6.07, 6.45) is -4.34. The molecule has 0 radical (unpaired) electrons. The van der Waals surface area contributed by atoms with Crippen LogP contribution in [-0.2, 0) is 6.18 Å². The van der Waals surface area contributed by atoms with E-state index in [2.05, 4.69) is 10.2 Å². The monoisotopic (exact) mass is 346 g/mol. The summed E-state index contributed by atoms with van der Waals surface area (Å²) in [4.78, 5) is 2.21. The molecule has 1 N–H and O–H groups in total. The first-order valence-corrected chi connectivity index (χ1v) is 8.15. The van der Waals surface area contributed by atoms with Crippen LogP contribution in [0.5, 0.6) is 0 Å². The van der Waals surface area contributed by atoms with Gasteiger partial charge in [-0.1, -0.05) is 12.1 Å². The number of piperazine rings is 1. The summed E-state index contributed by atoms with van der Waals surface area (Å²) in [5, 5.41) is 9.02. The van der Waals surface area contributed by atoms with E-state index in [0.29, 0.717) is 5.69 Å². The molecule has 1 aliphatic rings. The molecule has 2 aromatic carbocycles. The molecule has 1 fully saturated rings. The number of halogens is 3. The van der Waals surface area contributed by atoms with Gasteiger partial charge in [-0.2, -0.15) is 13.2 Å². The molecule has 0 saturated carbocycles. The number of para-hydroxylation sites is 1. The van der Waals surface area contributed by atoms with Crippen LogP contribution in [0.3, 0.4) is 0 Å². The molecule has 1 aromatic heterocycles. The summed E-state index contributed by atoms with van der Waals surface area (Å²) in [6, 6.07) is 12.9. The van der Waals surface area contributed by atoms with E-state index in [1.165, 1.54) is 12.1 Å². The average Bonchev–Trinajstić information content (AvgIpc) is 3.02. The van der Waals surface area contributed by atoms with E-state index in [0.717, 1.165) is 55.0 Å². The van der Waals surface area contributed by atoms with Crippen LogP contribution in [0.1, 0.15) is 5.56 Å². The molecule has 1 aliphatic heterocycles. The summed E-state index contributed by atoms with van der Waals surface area (Å²) >= 11 is 0. The van der Waals surface area contributed by atoms with E-state index in [9.17, 15) is 13.2 Å². The molecule has 0 bridgehead atoms. The molecule has 2 heterocycles. The highest BCUT2D eigenvalue weighted by atomic mass is 19.4. The minimum atomic E-state index is -4.34. The zero-order valence-electron chi connectivity index (χ0n) is 13.4. The standard InChI is InChI=1S/C18H17F3N4/c19-18(20,21)13-5-7-14(8-6-13)25-16-4-2-1-3-15(16)17(23-25)24-11-9-22-10-12-24/h1-8,22H,9-12H2. The van der Waals surface area contributed by atoms with Crippen LogP contribution in [-0.4, -0.2) is 36.0 Å². The molecule has 130 valence electrons. The lowest BCUT2D eigenvalue weighted by Crippen LogP contribution is -2.43. The van der Waals surface area contributed by atoms with Crippen LogP contribution in [0.15, 0.2) is 48.5 Å². The van der Waals surface area contributed by atoms with Gasteiger partial charge in [0.15, 0.2) is 5.82 Å². The Kier molecular flexibility index (Phi) is 3.88. The molecule has 0 atom stereocenters. The van der Waals surface area contributed by atoms with Gasteiger partial charge in [-0.3, -0.25) is 0 Å². The van der Waals surface area contributed by atoms with Crippen LogP contribution < -0.4 is 10.2 Å². The Labute approximate surface area is 142 Å². The predicted molar refractivity (Wildman–Crippen MR) is 91.2 cm³/mol. The fraction of sp³-hybridized carbons (Fsp3) is 0.278. The normalized spacial score (nSPS) is 15.7. The molecular weight excluding hydrogens is 329 g/mol. The third-order valence-corrected chi connectivity index (χ3v) is 4.42. The molecule has 0 unspecified atom stereocenters. The molecule has 0 amide bonds. The van der Waals surface area contributed by atoms with Gasteiger partial charge in [0.1, 0.15) is 0 Å². The number of fused-ring (bicyclic) bond motifs is 1. The summed E-state index contributed by atoms with van der Waals surface area (Å²) in [6.45, 7) is 3.49. The first kappa shape index (κ1) is 16.0. The highest BCUT2D eigenvalue weighted by Gasteiger charge is 2.30. The lowest BCUT2D eigenvalue weighted by molar-refractivity contribution is -0.137. The van der Waals surface area contributed by atoms with Gasteiger partial charge < -0.3 is 10.2 Å². The predicted octanol–water partition coefficient (Wildman–Crippen LogP) is 3.45. The second kappa shape index (κ2) is 6.07. The number of benzene rings is 2. The van der Waals surface area contributed by atoms with Gasteiger partial charge in [0.2, 0.25) is 0 Å². The van der Waals surface area contributed by atoms with Gasteiger partial charge in [-0.15, -0.1) is 5.10 Å². The van der Waals surface area contributed by atoms with Crippen LogP contribution in [0, 0.1) is 0 Å². The van der Waals surface area contributed by atoms with Crippen molar-refractivity contribution in [3.8, 4) is 5.69 Å². The molecule has 4 rings (SSSR count). The van der Waals surface area contributed by atoms with Crippen molar-refractivity contribution in [2.45, 2.75) is 6.18 Å². The van der Waals surface area contributed by atoms with E-state index in [1.54, 1.807) is 4.68 Å². The molecule has 0 aliphatic carbocycles. The van der Waals surface area contributed by atoms with Crippen LogP contribution in [0.25, 0.3) is 16.6 Å². The SMILES string of the molecule is FC(F)(F)c1ccc(-n2nc(N3CCNCC3)c3ccccc32)cc1. The lowest BCUT2D eigenvalue weighted by atomic mass is 10.2. The fourth-order valence-electron chi connectivity index (χ4n) is 3.15. The Balaban J connectivity index is 1.79. The van der Waals surface area contributed by atoms with E-state index >= 15 is 0 Å². The van der Waals surface area contributed by atoms with Crippen molar-refractivity contribution in [2.24, 2.45) is 0 Å². The summed E-state index contributed by atoms with van der Waals surface area (Å²) < 4.78 is 40.1. The minimum absolute atomic E-state index is 0.616. The van der Waals surface area contributed by atoms with Crippen molar-refractivity contribution in [3.05, 3.63) is 54.1 Å². The van der Waals surface area contributed by atoms with E-state index in [-0.39, 0.29) is 0 Å². The van der Waals surface area contributed by atoms with Crippen LogP contribution >= 0.6 is 0 Å². The van der Waals surface area contributed by atoms with Crippen molar-refractivity contribution in [3.63, 3.8) is 0 Å². The van der Waals surface area contributed by atoms with E-state index in [4.69, 9.17) is 5.10 Å². The van der Waals surface area contributed by atoms with E-state index in [1.807, 2.05) is 24.3 Å². The Hall–Kier alpha value is -2.54. The molecule has 7 heteroatoms. The molecule has 3 aromatic rings. The van der Waals surface area contributed by atoms with Gasteiger partial charge in [0, 0.05) is 31.6 Å². The third-order valence-electron chi connectivity index (χ3n) is 4.42. The van der Waals surface area contributed by atoms with Gasteiger partial charge >= 0.3 is 6.18 Å². The quantitative estimate of drug-likeness (QED) is 0.772. The van der Waals surface area contributed by atoms with Crippen molar-refractivity contribution in [1.82, 2.24) is 15.1 Å². The van der Waals surface area contributed by atoms with Crippen molar-refractivity contribution in [1.29, 1.82) is 0 Å². The first-order chi connectivity index (χ1) is 12.0. The Morgan fingerprint density at radius 3 is 2.28 bits per heavy atom. The number of alkyl halides is 3. The van der Waals surface area contributed by atoms with E-state index < -0.39 is 11.7 Å². The number of nitrogens with one attached hydrogen (secondary N) is 1. The zero-order valence-corrected chi connectivity index (χ0v) is 13.4. The lowest BCUT2D eigenvalue weighted by Gasteiger charge is -2.27.